The average molecular weight is 294 g/mol. The maximum absolute atomic E-state index is 12.0. The van der Waals surface area contributed by atoms with Crippen molar-refractivity contribution in [3.63, 3.8) is 0 Å². The third-order valence-electron chi connectivity index (χ3n) is 3.91. The molecule has 1 saturated heterocycles. The van der Waals surface area contributed by atoms with Crippen molar-refractivity contribution < 1.29 is 14.3 Å². The number of carbonyl (C=O) groups is 2. The zero-order valence-electron chi connectivity index (χ0n) is 13.0. The quantitative estimate of drug-likeness (QED) is 0.809. The molecule has 0 aliphatic carbocycles. The summed E-state index contributed by atoms with van der Waals surface area (Å²) in [5.41, 5.74) is 0.603. The summed E-state index contributed by atoms with van der Waals surface area (Å²) in [6.07, 6.45) is 1.52. The van der Waals surface area contributed by atoms with E-state index in [0.717, 1.165) is 12.2 Å². The number of esters is 1. The SMILES string of the molecule is CCOC(=O)c1cnn(C)c1CN1CCNC(=O)C1(C)C. The highest BCUT2D eigenvalue weighted by molar-refractivity contribution is 5.90. The number of amides is 1. The highest BCUT2D eigenvalue weighted by atomic mass is 16.5. The number of piperazine rings is 1. The molecule has 7 nitrogen and oxygen atoms in total. The van der Waals surface area contributed by atoms with Gasteiger partial charge in [0.05, 0.1) is 24.0 Å². The molecule has 2 heterocycles. The number of nitrogens with one attached hydrogen (secondary N) is 1. The van der Waals surface area contributed by atoms with Crippen molar-refractivity contribution in [1.82, 2.24) is 20.0 Å². The lowest BCUT2D eigenvalue weighted by Crippen LogP contribution is -2.61. The Hall–Kier alpha value is -1.89. The Balaban J connectivity index is 2.25. The van der Waals surface area contributed by atoms with E-state index in [0.29, 0.717) is 25.3 Å². The zero-order valence-corrected chi connectivity index (χ0v) is 13.0. The van der Waals surface area contributed by atoms with Crippen LogP contribution in [0, 0.1) is 0 Å². The molecule has 0 spiro atoms. The minimum atomic E-state index is -0.617. The molecule has 0 atom stereocenters. The van der Waals surface area contributed by atoms with E-state index in [1.54, 1.807) is 18.7 Å². The number of hydrogen-bond acceptors (Lipinski definition) is 5. The molecule has 0 aromatic carbocycles. The minimum Gasteiger partial charge on any atom is -0.462 e. The molecule has 116 valence electrons. The molecule has 1 aliphatic heterocycles. The predicted molar refractivity (Wildman–Crippen MR) is 76.7 cm³/mol. The normalized spacial score (nSPS) is 18.4. The molecule has 7 heteroatoms. The van der Waals surface area contributed by atoms with Gasteiger partial charge in [0.2, 0.25) is 5.91 Å². The van der Waals surface area contributed by atoms with Gasteiger partial charge >= 0.3 is 5.97 Å². The number of nitrogens with zero attached hydrogens (tertiary/aromatic N) is 3. The number of rotatable bonds is 4. The molecule has 0 saturated carbocycles. The van der Waals surface area contributed by atoms with Crippen LogP contribution in [-0.2, 0) is 23.1 Å². The second kappa shape index (κ2) is 5.85. The summed E-state index contributed by atoms with van der Waals surface area (Å²) in [7, 11) is 1.79. The molecule has 1 N–H and O–H groups in total. The molecular formula is C14H22N4O3. The Labute approximate surface area is 124 Å². The number of ether oxygens (including phenoxy) is 1. The molecule has 1 aromatic heterocycles. The number of aryl methyl sites for hydroxylation is 1. The molecular weight excluding hydrogens is 272 g/mol. The van der Waals surface area contributed by atoms with Gasteiger partial charge in [0.25, 0.3) is 0 Å². The molecule has 0 unspecified atom stereocenters. The Morgan fingerprint density at radius 2 is 2.24 bits per heavy atom. The van der Waals surface area contributed by atoms with E-state index in [2.05, 4.69) is 10.4 Å². The number of hydrogen-bond donors (Lipinski definition) is 1. The third kappa shape index (κ3) is 2.92. The predicted octanol–water partition coefficient (Wildman–Crippen LogP) is 0.307. The van der Waals surface area contributed by atoms with E-state index >= 15 is 0 Å². The Morgan fingerprint density at radius 3 is 2.90 bits per heavy atom. The summed E-state index contributed by atoms with van der Waals surface area (Å²) in [5.74, 6) is -0.381. The van der Waals surface area contributed by atoms with E-state index in [9.17, 15) is 9.59 Å². The molecule has 0 radical (unpaired) electrons. The van der Waals surface area contributed by atoms with Crippen molar-refractivity contribution in [3.05, 3.63) is 17.5 Å². The second-order valence-corrected chi connectivity index (χ2v) is 5.59. The minimum absolute atomic E-state index is 0.00592. The second-order valence-electron chi connectivity index (χ2n) is 5.59. The maximum Gasteiger partial charge on any atom is 0.341 e. The van der Waals surface area contributed by atoms with Crippen LogP contribution in [0.2, 0.25) is 0 Å². The van der Waals surface area contributed by atoms with Gasteiger partial charge in [0.15, 0.2) is 0 Å². The first-order valence-corrected chi connectivity index (χ1v) is 7.09. The summed E-state index contributed by atoms with van der Waals surface area (Å²) < 4.78 is 6.72. The molecule has 1 amide bonds. The van der Waals surface area contributed by atoms with Crippen LogP contribution >= 0.6 is 0 Å². The van der Waals surface area contributed by atoms with Gasteiger partial charge in [0, 0.05) is 26.7 Å². The lowest BCUT2D eigenvalue weighted by molar-refractivity contribution is -0.135. The standard InChI is InChI=1S/C14H22N4O3/c1-5-21-12(19)10-8-16-17(4)11(10)9-18-7-6-15-13(20)14(18,2)3/h8H,5-7,9H2,1-4H3,(H,15,20). The van der Waals surface area contributed by atoms with Crippen molar-refractivity contribution in [2.75, 3.05) is 19.7 Å². The van der Waals surface area contributed by atoms with E-state index in [1.807, 2.05) is 18.7 Å². The van der Waals surface area contributed by atoms with Crippen molar-refractivity contribution in [2.24, 2.45) is 7.05 Å². The first kappa shape index (κ1) is 15.5. The van der Waals surface area contributed by atoms with Crippen LogP contribution in [0.1, 0.15) is 36.8 Å². The summed E-state index contributed by atoms with van der Waals surface area (Å²) in [5, 5.41) is 7.00. The van der Waals surface area contributed by atoms with Gasteiger partial charge in [-0.2, -0.15) is 5.10 Å². The highest BCUT2D eigenvalue weighted by Gasteiger charge is 2.38. The summed E-state index contributed by atoms with van der Waals surface area (Å²) in [6, 6.07) is 0. The van der Waals surface area contributed by atoms with Crippen LogP contribution in [0.25, 0.3) is 0 Å². The van der Waals surface area contributed by atoms with Crippen molar-refractivity contribution in [3.8, 4) is 0 Å². The fourth-order valence-corrected chi connectivity index (χ4v) is 2.43. The molecule has 1 fully saturated rings. The monoisotopic (exact) mass is 294 g/mol. The van der Waals surface area contributed by atoms with Crippen LogP contribution < -0.4 is 5.32 Å². The van der Waals surface area contributed by atoms with E-state index in [-0.39, 0.29) is 11.9 Å². The largest absolute Gasteiger partial charge is 0.462 e. The first-order chi connectivity index (χ1) is 9.87. The van der Waals surface area contributed by atoms with Crippen molar-refractivity contribution in [2.45, 2.75) is 32.9 Å². The van der Waals surface area contributed by atoms with Gasteiger partial charge in [-0.15, -0.1) is 0 Å². The number of carbonyl (C=O) groups excluding carboxylic acids is 2. The molecule has 21 heavy (non-hydrogen) atoms. The fourth-order valence-electron chi connectivity index (χ4n) is 2.43. The number of aromatic nitrogens is 2. The molecule has 0 bridgehead atoms. The smallest absolute Gasteiger partial charge is 0.341 e. The Morgan fingerprint density at radius 1 is 1.52 bits per heavy atom. The molecule has 1 aromatic rings. The van der Waals surface area contributed by atoms with E-state index in [4.69, 9.17) is 4.74 Å². The van der Waals surface area contributed by atoms with Gasteiger partial charge in [-0.3, -0.25) is 14.4 Å². The Bertz CT molecular complexity index is 550. The van der Waals surface area contributed by atoms with Crippen LogP contribution in [0.4, 0.5) is 0 Å². The Kier molecular flexibility index (Phi) is 4.32. The average Bonchev–Trinajstić information content (AvgIpc) is 2.77. The van der Waals surface area contributed by atoms with Crippen molar-refractivity contribution in [1.29, 1.82) is 0 Å². The van der Waals surface area contributed by atoms with E-state index in [1.165, 1.54) is 6.20 Å². The molecule has 2 rings (SSSR count). The van der Waals surface area contributed by atoms with Gasteiger partial charge in [-0.1, -0.05) is 0 Å². The topological polar surface area (TPSA) is 76.5 Å². The van der Waals surface area contributed by atoms with Crippen LogP contribution in [0.15, 0.2) is 6.20 Å². The van der Waals surface area contributed by atoms with Gasteiger partial charge in [-0.25, -0.2) is 4.79 Å². The van der Waals surface area contributed by atoms with Crippen LogP contribution in [-0.4, -0.2) is 51.8 Å². The fraction of sp³-hybridized carbons (Fsp3) is 0.643. The first-order valence-electron chi connectivity index (χ1n) is 7.09. The summed E-state index contributed by atoms with van der Waals surface area (Å²) in [6.45, 7) is 7.66. The van der Waals surface area contributed by atoms with Crippen LogP contribution in [0.5, 0.6) is 0 Å². The maximum atomic E-state index is 12.0. The van der Waals surface area contributed by atoms with Crippen molar-refractivity contribution >= 4 is 11.9 Å². The van der Waals surface area contributed by atoms with E-state index < -0.39 is 5.54 Å². The molecule has 1 aliphatic rings. The van der Waals surface area contributed by atoms with Crippen LogP contribution in [0.3, 0.4) is 0 Å². The lowest BCUT2D eigenvalue weighted by Gasteiger charge is -2.41. The van der Waals surface area contributed by atoms with Gasteiger partial charge in [-0.05, 0) is 20.8 Å². The third-order valence-corrected chi connectivity index (χ3v) is 3.91. The lowest BCUT2D eigenvalue weighted by atomic mass is 9.98. The zero-order chi connectivity index (χ0) is 15.6. The summed E-state index contributed by atoms with van der Waals surface area (Å²) in [4.78, 5) is 26.0. The van der Waals surface area contributed by atoms with Gasteiger partial charge < -0.3 is 10.1 Å². The van der Waals surface area contributed by atoms with Gasteiger partial charge in [0.1, 0.15) is 5.56 Å². The highest BCUT2D eigenvalue weighted by Crippen LogP contribution is 2.22. The summed E-state index contributed by atoms with van der Waals surface area (Å²) >= 11 is 0.